The highest BCUT2D eigenvalue weighted by Crippen LogP contribution is 2.26. The van der Waals surface area contributed by atoms with Crippen molar-refractivity contribution in [1.29, 1.82) is 0 Å². The first-order valence-corrected chi connectivity index (χ1v) is 8.00. The molecule has 1 unspecified atom stereocenters. The molecule has 2 heterocycles. The predicted octanol–water partition coefficient (Wildman–Crippen LogP) is 2.81. The number of hydrogen-bond donors (Lipinski definition) is 1. The lowest BCUT2D eigenvalue weighted by Crippen LogP contribution is -2.43. The van der Waals surface area contributed by atoms with Gasteiger partial charge in [-0.2, -0.15) is 0 Å². The third-order valence-corrected chi connectivity index (χ3v) is 4.91. The summed E-state index contributed by atoms with van der Waals surface area (Å²) in [5.41, 5.74) is 1.02. The van der Waals surface area contributed by atoms with Crippen LogP contribution in [0.4, 0.5) is 0 Å². The Morgan fingerprint density at radius 3 is 3.05 bits per heavy atom. The summed E-state index contributed by atoms with van der Waals surface area (Å²) in [6.07, 6.45) is 4.46. The van der Waals surface area contributed by atoms with Gasteiger partial charge in [0.15, 0.2) is 0 Å². The summed E-state index contributed by atoms with van der Waals surface area (Å²) >= 11 is 1.44. The van der Waals surface area contributed by atoms with Gasteiger partial charge in [0.1, 0.15) is 6.61 Å². The summed E-state index contributed by atoms with van der Waals surface area (Å²) in [7, 11) is 0. The van der Waals surface area contributed by atoms with E-state index in [-0.39, 0.29) is 12.5 Å². The molecule has 1 N–H and O–H groups in total. The summed E-state index contributed by atoms with van der Waals surface area (Å²) in [5.74, 6) is 5.70. The monoisotopic (exact) mass is 291 g/mol. The number of carbonyl (C=O) groups is 1. The van der Waals surface area contributed by atoms with Gasteiger partial charge >= 0.3 is 0 Å². The quantitative estimate of drug-likeness (QED) is 0.851. The van der Waals surface area contributed by atoms with Crippen molar-refractivity contribution in [1.82, 2.24) is 4.90 Å². The van der Waals surface area contributed by atoms with Crippen molar-refractivity contribution in [3.8, 4) is 11.8 Å². The highest BCUT2D eigenvalue weighted by molar-refractivity contribution is 7.14. The van der Waals surface area contributed by atoms with Gasteiger partial charge in [0.05, 0.1) is 9.75 Å². The fourth-order valence-corrected chi connectivity index (χ4v) is 3.67. The van der Waals surface area contributed by atoms with E-state index in [4.69, 9.17) is 5.11 Å². The number of likely N-dealkylation sites (tertiary alicyclic amines) is 1. The Bertz CT molecular complexity index is 538. The van der Waals surface area contributed by atoms with Crippen molar-refractivity contribution in [2.75, 3.05) is 13.2 Å². The van der Waals surface area contributed by atoms with Crippen LogP contribution in [0.5, 0.6) is 0 Å². The molecule has 0 aromatic carbocycles. The first-order chi connectivity index (χ1) is 9.67. The normalized spacial score (nSPS) is 18.6. The fourth-order valence-electron chi connectivity index (χ4n) is 2.67. The number of rotatable bonds is 2. The van der Waals surface area contributed by atoms with E-state index >= 15 is 0 Å². The van der Waals surface area contributed by atoms with E-state index < -0.39 is 0 Å². The molecule has 0 radical (unpaired) electrons. The lowest BCUT2D eigenvalue weighted by Gasteiger charge is -2.35. The van der Waals surface area contributed by atoms with Crippen molar-refractivity contribution in [3.05, 3.63) is 21.4 Å². The predicted molar refractivity (Wildman–Crippen MR) is 82.0 cm³/mol. The Morgan fingerprint density at radius 1 is 1.55 bits per heavy atom. The molecule has 1 aliphatic heterocycles. The molecule has 0 saturated carbocycles. The molecule has 0 spiro atoms. The van der Waals surface area contributed by atoms with Crippen LogP contribution >= 0.6 is 11.3 Å². The topological polar surface area (TPSA) is 40.5 Å². The molecule has 1 aromatic rings. The van der Waals surface area contributed by atoms with Gasteiger partial charge in [0.25, 0.3) is 5.91 Å². The van der Waals surface area contributed by atoms with Crippen molar-refractivity contribution in [2.24, 2.45) is 0 Å². The molecule has 4 heteroatoms. The molecule has 1 fully saturated rings. The van der Waals surface area contributed by atoms with E-state index in [0.29, 0.717) is 6.04 Å². The first-order valence-electron chi connectivity index (χ1n) is 7.18. The number of aryl methyl sites for hydroxylation is 1. The molecule has 0 aliphatic carbocycles. The van der Waals surface area contributed by atoms with E-state index in [9.17, 15) is 4.79 Å². The second kappa shape index (κ2) is 6.92. The van der Waals surface area contributed by atoms with Crippen LogP contribution in [0, 0.1) is 18.8 Å². The number of hydrogen-bond acceptors (Lipinski definition) is 3. The average molecular weight is 291 g/mol. The Balaban J connectivity index is 2.20. The molecule has 1 aliphatic rings. The summed E-state index contributed by atoms with van der Waals surface area (Å²) in [6.45, 7) is 4.83. The number of carbonyl (C=O) groups excluding carboxylic acids is 1. The summed E-state index contributed by atoms with van der Waals surface area (Å²) in [4.78, 5) is 16.3. The van der Waals surface area contributed by atoms with Crippen LogP contribution in [0.1, 0.15) is 52.7 Å². The highest BCUT2D eigenvalue weighted by Gasteiger charge is 2.27. The van der Waals surface area contributed by atoms with Crippen LogP contribution in [-0.2, 0) is 0 Å². The second-order valence-corrected chi connectivity index (χ2v) is 6.19. The van der Waals surface area contributed by atoms with Crippen molar-refractivity contribution < 1.29 is 9.90 Å². The van der Waals surface area contributed by atoms with E-state index in [1.807, 2.05) is 17.9 Å². The Kier molecular flexibility index (Phi) is 5.22. The zero-order valence-electron chi connectivity index (χ0n) is 12.1. The van der Waals surface area contributed by atoms with Gasteiger partial charge < -0.3 is 10.0 Å². The van der Waals surface area contributed by atoms with Crippen LogP contribution in [0.15, 0.2) is 6.07 Å². The third-order valence-electron chi connectivity index (χ3n) is 3.77. The van der Waals surface area contributed by atoms with Gasteiger partial charge in [0, 0.05) is 12.6 Å². The highest BCUT2D eigenvalue weighted by atomic mass is 32.1. The molecule has 1 aromatic heterocycles. The molecule has 108 valence electrons. The zero-order valence-corrected chi connectivity index (χ0v) is 12.9. The van der Waals surface area contributed by atoms with Gasteiger partial charge in [0.2, 0.25) is 0 Å². The minimum Gasteiger partial charge on any atom is -0.384 e. The molecule has 3 nitrogen and oxygen atoms in total. The Labute approximate surface area is 124 Å². The molecule has 1 saturated heterocycles. The SMILES string of the molecule is CCC1CCCCN1C(=O)c1cc(C)c(C#CCO)s1. The molecule has 0 bridgehead atoms. The van der Waals surface area contributed by atoms with Gasteiger partial charge in [-0.3, -0.25) is 4.79 Å². The van der Waals surface area contributed by atoms with Crippen LogP contribution in [0.3, 0.4) is 0 Å². The van der Waals surface area contributed by atoms with E-state index in [0.717, 1.165) is 41.1 Å². The average Bonchev–Trinajstić information content (AvgIpc) is 2.85. The Morgan fingerprint density at radius 2 is 2.35 bits per heavy atom. The number of piperidine rings is 1. The fraction of sp³-hybridized carbons (Fsp3) is 0.562. The maximum absolute atomic E-state index is 12.6. The molecule has 2 rings (SSSR count). The van der Waals surface area contributed by atoms with E-state index in [1.165, 1.54) is 17.8 Å². The van der Waals surface area contributed by atoms with Crippen LogP contribution in [0.2, 0.25) is 0 Å². The zero-order chi connectivity index (χ0) is 14.5. The lowest BCUT2D eigenvalue weighted by molar-refractivity contribution is 0.0613. The first kappa shape index (κ1) is 15.1. The maximum Gasteiger partial charge on any atom is 0.264 e. The number of aliphatic hydroxyl groups excluding tert-OH is 1. The van der Waals surface area contributed by atoms with E-state index in [1.54, 1.807) is 0 Å². The van der Waals surface area contributed by atoms with Gasteiger partial charge in [-0.05, 0) is 44.2 Å². The van der Waals surface area contributed by atoms with Crippen LogP contribution in [0.25, 0.3) is 0 Å². The standard InChI is InChI=1S/C16H21NO2S/c1-3-13-7-4-5-9-17(13)16(19)15-11-12(2)14(20-15)8-6-10-18/h11,13,18H,3-5,7,9-10H2,1-2H3. The molecule has 1 atom stereocenters. The van der Waals surface area contributed by atoms with Crippen LogP contribution < -0.4 is 0 Å². The Hall–Kier alpha value is -1.31. The van der Waals surface area contributed by atoms with E-state index in [2.05, 4.69) is 18.8 Å². The van der Waals surface area contributed by atoms with Gasteiger partial charge in [-0.15, -0.1) is 11.3 Å². The molecular weight excluding hydrogens is 270 g/mol. The number of thiophene rings is 1. The third kappa shape index (κ3) is 3.23. The minimum atomic E-state index is -0.148. The van der Waals surface area contributed by atoms with Gasteiger partial charge in [-0.1, -0.05) is 18.8 Å². The van der Waals surface area contributed by atoms with Crippen molar-refractivity contribution >= 4 is 17.2 Å². The second-order valence-electron chi connectivity index (χ2n) is 5.14. The molecular formula is C16H21NO2S. The number of amides is 1. The lowest BCUT2D eigenvalue weighted by atomic mass is 10.00. The minimum absolute atomic E-state index is 0.140. The smallest absolute Gasteiger partial charge is 0.264 e. The summed E-state index contributed by atoms with van der Waals surface area (Å²) in [5, 5.41) is 8.76. The van der Waals surface area contributed by atoms with Gasteiger partial charge in [-0.25, -0.2) is 0 Å². The summed E-state index contributed by atoms with van der Waals surface area (Å²) in [6, 6.07) is 2.31. The maximum atomic E-state index is 12.6. The molecule has 1 amide bonds. The number of nitrogens with zero attached hydrogens (tertiary/aromatic N) is 1. The summed E-state index contributed by atoms with van der Waals surface area (Å²) < 4.78 is 0. The van der Waals surface area contributed by atoms with Crippen LogP contribution in [-0.4, -0.2) is 35.1 Å². The molecule has 20 heavy (non-hydrogen) atoms. The van der Waals surface area contributed by atoms with Crippen molar-refractivity contribution in [2.45, 2.75) is 45.6 Å². The largest absolute Gasteiger partial charge is 0.384 e. The number of aliphatic hydroxyl groups is 1. The van der Waals surface area contributed by atoms with Crippen molar-refractivity contribution in [3.63, 3.8) is 0 Å².